The van der Waals surface area contributed by atoms with Crippen LogP contribution in [0.25, 0.3) is 0 Å². The van der Waals surface area contributed by atoms with Crippen molar-refractivity contribution in [3.8, 4) is 0 Å². The van der Waals surface area contributed by atoms with Gasteiger partial charge >= 0.3 is 0 Å². The van der Waals surface area contributed by atoms with Crippen LogP contribution in [-0.2, 0) is 6.42 Å². The first-order valence-corrected chi connectivity index (χ1v) is 6.76. The molecule has 0 radical (unpaired) electrons. The summed E-state index contributed by atoms with van der Waals surface area (Å²) < 4.78 is 13.7. The van der Waals surface area contributed by atoms with E-state index in [0.29, 0.717) is 27.1 Å². The van der Waals surface area contributed by atoms with E-state index in [1.54, 1.807) is 30.3 Å². The Morgan fingerprint density at radius 3 is 2.42 bits per heavy atom. The van der Waals surface area contributed by atoms with Crippen molar-refractivity contribution in [2.75, 3.05) is 0 Å². The van der Waals surface area contributed by atoms with Gasteiger partial charge in [-0.3, -0.25) is 0 Å². The lowest BCUT2D eigenvalue weighted by Gasteiger charge is -2.15. The Bertz CT molecular complexity index is 581. The van der Waals surface area contributed by atoms with E-state index in [1.807, 2.05) is 0 Å². The number of nitrogens with two attached hydrogens (primary N) is 1. The molecule has 0 aliphatic rings. The van der Waals surface area contributed by atoms with Gasteiger partial charge in [-0.25, -0.2) is 4.39 Å². The molecule has 0 heterocycles. The maximum Gasteiger partial charge on any atom is 0.129 e. The third-order valence-corrected chi connectivity index (χ3v) is 3.74. The van der Waals surface area contributed by atoms with Crippen LogP contribution in [0, 0.1) is 5.82 Å². The number of halogens is 4. The van der Waals surface area contributed by atoms with Gasteiger partial charge in [0.25, 0.3) is 0 Å². The van der Waals surface area contributed by atoms with Gasteiger partial charge in [-0.2, -0.15) is 0 Å². The summed E-state index contributed by atoms with van der Waals surface area (Å²) in [6, 6.07) is 9.07. The highest BCUT2D eigenvalue weighted by Crippen LogP contribution is 2.29. The maximum atomic E-state index is 13.7. The smallest absolute Gasteiger partial charge is 0.129 e. The van der Waals surface area contributed by atoms with Crippen LogP contribution < -0.4 is 5.73 Å². The normalized spacial score (nSPS) is 12.5. The Hall–Kier alpha value is -0.800. The molecule has 2 rings (SSSR count). The highest BCUT2D eigenvalue weighted by molar-refractivity contribution is 6.35. The van der Waals surface area contributed by atoms with Gasteiger partial charge in [0.15, 0.2) is 0 Å². The molecule has 0 aliphatic carbocycles. The van der Waals surface area contributed by atoms with Crippen LogP contribution in [0.3, 0.4) is 0 Å². The zero-order valence-electron chi connectivity index (χ0n) is 9.84. The van der Waals surface area contributed by atoms with Gasteiger partial charge in [-0.1, -0.05) is 46.9 Å². The molecule has 0 aromatic heterocycles. The summed E-state index contributed by atoms with van der Waals surface area (Å²) in [5.41, 5.74) is 7.12. The molecule has 1 unspecified atom stereocenters. The van der Waals surface area contributed by atoms with Crippen LogP contribution in [0.15, 0.2) is 36.4 Å². The molecule has 1 atom stereocenters. The van der Waals surface area contributed by atoms with E-state index in [0.717, 1.165) is 5.56 Å². The third-order valence-electron chi connectivity index (χ3n) is 2.83. The SMILES string of the molecule is NC(Cc1ccc(Cl)cc1Cl)c1c(F)cccc1Cl. The predicted octanol–water partition coefficient (Wildman–Crippen LogP) is 5.03. The lowest BCUT2D eigenvalue weighted by atomic mass is 9.99. The van der Waals surface area contributed by atoms with Crippen molar-refractivity contribution in [2.45, 2.75) is 12.5 Å². The molecule has 0 bridgehead atoms. The molecule has 0 saturated heterocycles. The zero-order chi connectivity index (χ0) is 14.0. The van der Waals surface area contributed by atoms with Crippen LogP contribution in [0.2, 0.25) is 15.1 Å². The summed E-state index contributed by atoms with van der Waals surface area (Å²) in [7, 11) is 0. The number of rotatable bonds is 3. The minimum Gasteiger partial charge on any atom is -0.324 e. The fourth-order valence-electron chi connectivity index (χ4n) is 1.89. The van der Waals surface area contributed by atoms with Gasteiger partial charge in [0.05, 0.1) is 0 Å². The van der Waals surface area contributed by atoms with Crippen LogP contribution in [-0.4, -0.2) is 0 Å². The van der Waals surface area contributed by atoms with Crippen LogP contribution in [0.4, 0.5) is 4.39 Å². The first-order chi connectivity index (χ1) is 8.99. The molecule has 0 saturated carbocycles. The molecule has 100 valence electrons. The summed E-state index contributed by atoms with van der Waals surface area (Å²) >= 11 is 17.9. The van der Waals surface area contributed by atoms with Gasteiger partial charge in [-0.05, 0) is 36.2 Å². The van der Waals surface area contributed by atoms with E-state index in [1.165, 1.54) is 6.07 Å². The van der Waals surface area contributed by atoms with Crippen molar-refractivity contribution in [1.29, 1.82) is 0 Å². The molecule has 2 N–H and O–H groups in total. The third kappa shape index (κ3) is 3.40. The first kappa shape index (κ1) is 14.6. The van der Waals surface area contributed by atoms with E-state index in [-0.39, 0.29) is 0 Å². The van der Waals surface area contributed by atoms with Crippen molar-refractivity contribution >= 4 is 34.8 Å². The van der Waals surface area contributed by atoms with Gasteiger partial charge in [-0.15, -0.1) is 0 Å². The van der Waals surface area contributed by atoms with Gasteiger partial charge in [0.1, 0.15) is 5.82 Å². The Labute approximate surface area is 126 Å². The van der Waals surface area contributed by atoms with E-state index < -0.39 is 11.9 Å². The molecular formula is C14H11Cl3FN. The molecule has 5 heteroatoms. The monoisotopic (exact) mass is 317 g/mol. The lowest BCUT2D eigenvalue weighted by molar-refractivity contribution is 0.580. The Morgan fingerprint density at radius 2 is 1.79 bits per heavy atom. The Balaban J connectivity index is 2.28. The fraction of sp³-hybridized carbons (Fsp3) is 0.143. The first-order valence-electron chi connectivity index (χ1n) is 5.62. The van der Waals surface area contributed by atoms with Gasteiger partial charge < -0.3 is 5.73 Å². The number of benzene rings is 2. The molecular weight excluding hydrogens is 308 g/mol. The molecule has 1 nitrogen and oxygen atoms in total. The van der Waals surface area contributed by atoms with Crippen molar-refractivity contribution in [1.82, 2.24) is 0 Å². The standard InChI is InChI=1S/C14H11Cl3FN/c15-9-5-4-8(11(17)7-9)6-13(19)14-10(16)2-1-3-12(14)18/h1-5,7,13H,6,19H2. The molecule has 19 heavy (non-hydrogen) atoms. The predicted molar refractivity (Wildman–Crippen MR) is 78.5 cm³/mol. The van der Waals surface area contributed by atoms with Crippen LogP contribution >= 0.6 is 34.8 Å². The van der Waals surface area contributed by atoms with Crippen LogP contribution in [0.5, 0.6) is 0 Å². The molecule has 0 fully saturated rings. The molecule has 0 aliphatic heterocycles. The average molecular weight is 319 g/mol. The topological polar surface area (TPSA) is 26.0 Å². The van der Waals surface area contributed by atoms with Gasteiger partial charge in [0, 0.05) is 26.7 Å². The summed E-state index contributed by atoms with van der Waals surface area (Å²) in [6.45, 7) is 0. The minimum absolute atomic E-state index is 0.301. The second-order valence-corrected chi connectivity index (χ2v) is 5.43. The van der Waals surface area contributed by atoms with Crippen LogP contribution in [0.1, 0.15) is 17.2 Å². The minimum atomic E-state index is -0.563. The second kappa shape index (κ2) is 6.10. The highest BCUT2D eigenvalue weighted by atomic mass is 35.5. The largest absolute Gasteiger partial charge is 0.324 e. The summed E-state index contributed by atoms with van der Waals surface area (Å²) in [5.74, 6) is -0.412. The summed E-state index contributed by atoms with van der Waals surface area (Å²) in [5, 5.41) is 1.37. The van der Waals surface area contributed by atoms with Crippen molar-refractivity contribution in [3.05, 3.63) is 68.4 Å². The summed E-state index contributed by atoms with van der Waals surface area (Å²) in [4.78, 5) is 0. The molecule has 0 amide bonds. The second-order valence-electron chi connectivity index (χ2n) is 4.18. The van der Waals surface area contributed by atoms with Gasteiger partial charge in [0.2, 0.25) is 0 Å². The molecule has 0 spiro atoms. The number of hydrogen-bond acceptors (Lipinski definition) is 1. The quantitative estimate of drug-likeness (QED) is 0.844. The van der Waals surface area contributed by atoms with Crippen molar-refractivity contribution in [2.24, 2.45) is 5.73 Å². The molecule has 2 aromatic carbocycles. The number of hydrogen-bond donors (Lipinski definition) is 1. The maximum absolute atomic E-state index is 13.7. The highest BCUT2D eigenvalue weighted by Gasteiger charge is 2.16. The lowest BCUT2D eigenvalue weighted by Crippen LogP contribution is -2.15. The molecule has 2 aromatic rings. The summed E-state index contributed by atoms with van der Waals surface area (Å²) in [6.07, 6.45) is 0.386. The fourth-order valence-corrected chi connectivity index (χ4v) is 2.68. The Kier molecular flexibility index (Phi) is 4.69. The zero-order valence-corrected chi connectivity index (χ0v) is 12.1. The van der Waals surface area contributed by atoms with Crippen molar-refractivity contribution < 1.29 is 4.39 Å². The van der Waals surface area contributed by atoms with E-state index in [4.69, 9.17) is 40.5 Å². The Morgan fingerprint density at radius 1 is 1.05 bits per heavy atom. The average Bonchev–Trinajstić information content (AvgIpc) is 2.32. The van der Waals surface area contributed by atoms with E-state index >= 15 is 0 Å². The van der Waals surface area contributed by atoms with E-state index in [2.05, 4.69) is 0 Å². The van der Waals surface area contributed by atoms with E-state index in [9.17, 15) is 4.39 Å². The van der Waals surface area contributed by atoms with Crippen molar-refractivity contribution in [3.63, 3.8) is 0 Å².